The highest BCUT2D eigenvalue weighted by molar-refractivity contribution is 5.85. The summed E-state index contributed by atoms with van der Waals surface area (Å²) in [6, 6.07) is 0. The summed E-state index contributed by atoms with van der Waals surface area (Å²) >= 11 is 0. The van der Waals surface area contributed by atoms with Crippen LogP contribution in [0, 0.1) is 11.3 Å². The molecule has 0 aliphatic heterocycles. The van der Waals surface area contributed by atoms with Gasteiger partial charge in [-0.25, -0.2) is 0 Å². The summed E-state index contributed by atoms with van der Waals surface area (Å²) in [5, 5.41) is 7.20. The predicted molar refractivity (Wildman–Crippen MR) is 46.1 cm³/mol. The topological polar surface area (TPSA) is 33.1 Å². The van der Waals surface area contributed by atoms with Gasteiger partial charge in [-0.05, 0) is 12.8 Å². The molecule has 10 heavy (non-hydrogen) atoms. The molecular weight excluding hydrogens is 150 g/mol. The van der Waals surface area contributed by atoms with Crippen LogP contribution in [-0.2, 0) is 4.74 Å². The molecule has 0 rings (SSSR count). The van der Waals surface area contributed by atoms with E-state index in [0.29, 0.717) is 18.4 Å². The molecule has 0 radical (unpaired) electrons. The maximum absolute atomic E-state index is 7.20. The molecule has 0 amide bonds. The average molecular weight is 166 g/mol. The lowest BCUT2D eigenvalue weighted by Gasteiger charge is -2.05. The molecule has 62 valence electrons. The number of rotatable bonds is 3. The molecule has 2 nitrogen and oxygen atoms in total. The fourth-order valence-electron chi connectivity index (χ4n) is 0.604. The molecule has 0 spiro atoms. The van der Waals surface area contributed by atoms with Crippen LogP contribution in [0.5, 0.6) is 0 Å². The minimum absolute atomic E-state index is 0. The van der Waals surface area contributed by atoms with Crippen molar-refractivity contribution in [2.75, 3.05) is 6.61 Å². The van der Waals surface area contributed by atoms with E-state index < -0.39 is 0 Å². The number of halogens is 1. The molecule has 3 heteroatoms. The summed E-state index contributed by atoms with van der Waals surface area (Å²) in [4.78, 5) is 0. The summed E-state index contributed by atoms with van der Waals surface area (Å²) in [5.74, 6) is 0.941. The maximum Gasteiger partial charge on any atom is 0.180 e. The third-order valence-electron chi connectivity index (χ3n) is 0.912. The molecule has 0 bridgehead atoms. The van der Waals surface area contributed by atoms with Crippen LogP contribution in [0.2, 0.25) is 0 Å². The Bertz CT molecular complexity index is 93.6. The second-order valence-electron chi connectivity index (χ2n) is 2.45. The molecule has 0 aliphatic rings. The van der Waals surface area contributed by atoms with E-state index in [1.54, 1.807) is 0 Å². The van der Waals surface area contributed by atoms with E-state index in [-0.39, 0.29) is 12.4 Å². The van der Waals surface area contributed by atoms with Crippen molar-refractivity contribution in [2.45, 2.75) is 27.2 Å². The second-order valence-corrected chi connectivity index (χ2v) is 2.45. The monoisotopic (exact) mass is 165 g/mol. The van der Waals surface area contributed by atoms with Crippen LogP contribution < -0.4 is 0 Å². The van der Waals surface area contributed by atoms with Gasteiger partial charge in [0.1, 0.15) is 0 Å². The first kappa shape index (κ1) is 12.4. The predicted octanol–water partition coefficient (Wildman–Crippen LogP) is 2.47. The molecule has 0 aromatic carbocycles. The van der Waals surface area contributed by atoms with Gasteiger partial charge >= 0.3 is 0 Å². The summed E-state index contributed by atoms with van der Waals surface area (Å²) in [6.45, 7) is 6.67. The molecule has 0 saturated carbocycles. The van der Waals surface area contributed by atoms with E-state index in [4.69, 9.17) is 10.1 Å². The Morgan fingerprint density at radius 2 is 2.00 bits per heavy atom. The van der Waals surface area contributed by atoms with E-state index in [2.05, 4.69) is 13.8 Å². The van der Waals surface area contributed by atoms with Crippen molar-refractivity contribution < 1.29 is 4.74 Å². The van der Waals surface area contributed by atoms with Crippen molar-refractivity contribution >= 4 is 18.3 Å². The molecule has 0 aromatic rings. The first-order valence-corrected chi connectivity index (χ1v) is 3.37. The lowest BCUT2D eigenvalue weighted by Crippen LogP contribution is -2.05. The highest BCUT2D eigenvalue weighted by Gasteiger charge is 1.98. The van der Waals surface area contributed by atoms with E-state index in [9.17, 15) is 0 Å². The highest BCUT2D eigenvalue weighted by atomic mass is 35.5. The molecule has 0 saturated heterocycles. The normalized spacial score (nSPS) is 8.80. The zero-order valence-electron chi connectivity index (χ0n) is 6.81. The molecule has 1 N–H and O–H groups in total. The standard InChI is InChI=1S/C7H15NO.ClH/c1-4-9-7(8)5-6(2)3;/h6,8H,4-5H2,1-3H3;1H. The van der Waals surface area contributed by atoms with Gasteiger partial charge in [-0.2, -0.15) is 0 Å². The Balaban J connectivity index is 0. The van der Waals surface area contributed by atoms with Crippen molar-refractivity contribution in [1.82, 2.24) is 0 Å². The molecule has 0 fully saturated rings. The van der Waals surface area contributed by atoms with Gasteiger partial charge in [0.15, 0.2) is 5.90 Å². The van der Waals surface area contributed by atoms with Gasteiger partial charge in [0, 0.05) is 6.42 Å². The fourth-order valence-corrected chi connectivity index (χ4v) is 0.604. The van der Waals surface area contributed by atoms with Gasteiger partial charge in [-0.1, -0.05) is 13.8 Å². The van der Waals surface area contributed by atoms with Crippen LogP contribution in [0.25, 0.3) is 0 Å². The van der Waals surface area contributed by atoms with Crippen LogP contribution >= 0.6 is 12.4 Å². The minimum atomic E-state index is 0. The Morgan fingerprint density at radius 3 is 2.30 bits per heavy atom. The average Bonchev–Trinajstić information content (AvgIpc) is 1.63. The van der Waals surface area contributed by atoms with Crippen molar-refractivity contribution in [3.8, 4) is 0 Å². The van der Waals surface area contributed by atoms with Crippen molar-refractivity contribution in [3.05, 3.63) is 0 Å². The van der Waals surface area contributed by atoms with Crippen LogP contribution in [-0.4, -0.2) is 12.5 Å². The van der Waals surface area contributed by atoms with Gasteiger partial charge < -0.3 is 4.74 Å². The quantitative estimate of drug-likeness (QED) is 0.506. The first-order chi connectivity index (χ1) is 4.16. The molecule has 0 aliphatic carbocycles. The van der Waals surface area contributed by atoms with Crippen molar-refractivity contribution in [3.63, 3.8) is 0 Å². The van der Waals surface area contributed by atoms with Gasteiger partial charge in [-0.15, -0.1) is 12.4 Å². The lowest BCUT2D eigenvalue weighted by molar-refractivity contribution is 0.308. The minimum Gasteiger partial charge on any atom is -0.481 e. The number of nitrogens with one attached hydrogen (secondary N) is 1. The van der Waals surface area contributed by atoms with Gasteiger partial charge in [0.05, 0.1) is 6.61 Å². The van der Waals surface area contributed by atoms with E-state index >= 15 is 0 Å². The molecule has 0 unspecified atom stereocenters. The fraction of sp³-hybridized carbons (Fsp3) is 0.857. The van der Waals surface area contributed by atoms with E-state index in [1.165, 1.54) is 0 Å². The Hall–Kier alpha value is -0.240. The third-order valence-corrected chi connectivity index (χ3v) is 0.912. The van der Waals surface area contributed by atoms with Crippen molar-refractivity contribution in [2.24, 2.45) is 5.92 Å². The van der Waals surface area contributed by atoms with Crippen LogP contribution in [0.4, 0.5) is 0 Å². The number of hydrogen-bond acceptors (Lipinski definition) is 2. The second kappa shape index (κ2) is 6.87. The lowest BCUT2D eigenvalue weighted by atomic mass is 10.1. The largest absolute Gasteiger partial charge is 0.481 e. The van der Waals surface area contributed by atoms with E-state index in [1.807, 2.05) is 6.92 Å². The van der Waals surface area contributed by atoms with Crippen LogP contribution in [0.1, 0.15) is 27.2 Å². The Kier molecular flexibility index (Phi) is 8.55. The summed E-state index contributed by atoms with van der Waals surface area (Å²) in [6.07, 6.45) is 0.758. The third kappa shape index (κ3) is 7.76. The zero-order valence-corrected chi connectivity index (χ0v) is 7.62. The summed E-state index contributed by atoms with van der Waals surface area (Å²) in [5.41, 5.74) is 0. The van der Waals surface area contributed by atoms with Crippen LogP contribution in [0.3, 0.4) is 0 Å². The Morgan fingerprint density at radius 1 is 1.50 bits per heavy atom. The smallest absolute Gasteiger partial charge is 0.180 e. The molecule has 0 heterocycles. The first-order valence-electron chi connectivity index (χ1n) is 3.37. The Labute approximate surface area is 68.9 Å². The van der Waals surface area contributed by atoms with Crippen LogP contribution in [0.15, 0.2) is 0 Å². The van der Waals surface area contributed by atoms with Crippen molar-refractivity contribution in [1.29, 1.82) is 5.41 Å². The SMILES string of the molecule is CCOC(=N)CC(C)C.Cl. The zero-order chi connectivity index (χ0) is 7.28. The summed E-state index contributed by atoms with van der Waals surface area (Å²) < 4.78 is 4.94. The van der Waals surface area contributed by atoms with Gasteiger partial charge in [-0.3, -0.25) is 5.41 Å². The number of ether oxygens (including phenoxy) is 1. The van der Waals surface area contributed by atoms with Gasteiger partial charge in [0.25, 0.3) is 0 Å². The highest BCUT2D eigenvalue weighted by Crippen LogP contribution is 2.00. The number of hydrogen-bond donors (Lipinski definition) is 1. The molecule has 0 atom stereocenters. The summed E-state index contributed by atoms with van der Waals surface area (Å²) in [7, 11) is 0. The molecule has 0 aromatic heterocycles. The maximum atomic E-state index is 7.20. The molecular formula is C7H16ClNO. The van der Waals surface area contributed by atoms with Gasteiger partial charge in [0.2, 0.25) is 0 Å². The van der Waals surface area contributed by atoms with E-state index in [0.717, 1.165) is 6.42 Å².